The van der Waals surface area contributed by atoms with Crippen LogP contribution in [-0.4, -0.2) is 28.2 Å². The van der Waals surface area contributed by atoms with E-state index in [0.29, 0.717) is 24.0 Å². The van der Waals surface area contributed by atoms with Crippen LogP contribution >= 0.6 is 11.3 Å². The summed E-state index contributed by atoms with van der Waals surface area (Å²) in [5.74, 6) is 0.136. The number of rotatable bonds is 6. The van der Waals surface area contributed by atoms with Crippen molar-refractivity contribution in [1.82, 2.24) is 9.88 Å². The highest BCUT2D eigenvalue weighted by molar-refractivity contribution is 7.14. The fourth-order valence-electron chi connectivity index (χ4n) is 3.27. The first kappa shape index (κ1) is 18.4. The molecule has 7 heteroatoms. The summed E-state index contributed by atoms with van der Waals surface area (Å²) in [5, 5.41) is 5.35. The van der Waals surface area contributed by atoms with Crippen LogP contribution in [0, 0.1) is 5.92 Å². The largest absolute Gasteiger partial charge is 0.467 e. The second-order valence-electron chi connectivity index (χ2n) is 6.83. The van der Waals surface area contributed by atoms with Gasteiger partial charge in [0.15, 0.2) is 5.13 Å². The number of nitrogens with zero attached hydrogens (tertiary/aromatic N) is 2. The van der Waals surface area contributed by atoms with Gasteiger partial charge >= 0.3 is 0 Å². The monoisotopic (exact) mass is 395 g/mol. The van der Waals surface area contributed by atoms with Crippen molar-refractivity contribution in [1.29, 1.82) is 0 Å². The van der Waals surface area contributed by atoms with Crippen molar-refractivity contribution < 1.29 is 14.0 Å². The first-order chi connectivity index (χ1) is 13.6. The lowest BCUT2D eigenvalue weighted by molar-refractivity contribution is -0.128. The predicted octanol–water partition coefficient (Wildman–Crippen LogP) is 3.95. The molecule has 144 valence electrons. The second-order valence-corrected chi connectivity index (χ2v) is 7.69. The standard InChI is InChI=1S/C21H21N3O3S/c1-2-14-5-7-15(8-6-14)18-13-28-21(22-18)23-20(26)16-10-19(25)24(11-16)12-17-4-3-9-27-17/h3-9,13,16H,2,10-12H2,1H3,(H,22,23,26). The van der Waals surface area contributed by atoms with Crippen molar-refractivity contribution in [2.45, 2.75) is 26.3 Å². The molecule has 6 nitrogen and oxygen atoms in total. The number of likely N-dealkylation sites (tertiary alicyclic amines) is 1. The van der Waals surface area contributed by atoms with Gasteiger partial charge in [-0.1, -0.05) is 31.2 Å². The molecule has 0 saturated carbocycles. The summed E-state index contributed by atoms with van der Waals surface area (Å²) in [4.78, 5) is 31.0. The van der Waals surface area contributed by atoms with Crippen LogP contribution in [0.25, 0.3) is 11.3 Å². The molecule has 1 atom stereocenters. The fourth-order valence-corrected chi connectivity index (χ4v) is 4.00. The van der Waals surface area contributed by atoms with Gasteiger partial charge in [-0.15, -0.1) is 11.3 Å². The molecule has 1 N–H and O–H groups in total. The van der Waals surface area contributed by atoms with Crippen LogP contribution in [0.2, 0.25) is 0 Å². The Morgan fingerprint density at radius 1 is 1.32 bits per heavy atom. The van der Waals surface area contributed by atoms with E-state index in [-0.39, 0.29) is 24.2 Å². The third-order valence-corrected chi connectivity index (χ3v) is 5.66. The molecule has 1 aliphatic heterocycles. The molecule has 4 rings (SSSR count). The highest BCUT2D eigenvalue weighted by Gasteiger charge is 2.35. The Bertz CT molecular complexity index is 963. The average molecular weight is 395 g/mol. The fraction of sp³-hybridized carbons (Fsp3) is 0.286. The number of nitrogens with one attached hydrogen (secondary N) is 1. The van der Waals surface area contributed by atoms with Crippen LogP contribution in [0.4, 0.5) is 5.13 Å². The molecule has 28 heavy (non-hydrogen) atoms. The number of carbonyl (C=O) groups excluding carboxylic acids is 2. The van der Waals surface area contributed by atoms with Crippen LogP contribution in [0.5, 0.6) is 0 Å². The lowest BCUT2D eigenvalue weighted by Crippen LogP contribution is -2.27. The smallest absolute Gasteiger partial charge is 0.231 e. The summed E-state index contributed by atoms with van der Waals surface area (Å²) in [7, 11) is 0. The van der Waals surface area contributed by atoms with E-state index in [2.05, 4.69) is 29.4 Å². The number of furan rings is 1. The van der Waals surface area contributed by atoms with Crippen LogP contribution in [0.1, 0.15) is 24.7 Å². The van der Waals surface area contributed by atoms with Crippen LogP contribution in [0.3, 0.4) is 0 Å². The number of aromatic nitrogens is 1. The molecular formula is C21H21N3O3S. The minimum atomic E-state index is -0.376. The lowest BCUT2D eigenvalue weighted by Gasteiger charge is -2.14. The molecule has 2 aromatic heterocycles. The van der Waals surface area contributed by atoms with Gasteiger partial charge < -0.3 is 14.6 Å². The first-order valence-corrected chi connectivity index (χ1v) is 10.2. The van der Waals surface area contributed by atoms with Crippen molar-refractivity contribution in [3.8, 4) is 11.3 Å². The van der Waals surface area contributed by atoms with E-state index in [1.165, 1.54) is 16.9 Å². The summed E-state index contributed by atoms with van der Waals surface area (Å²) in [5.41, 5.74) is 3.14. The number of carbonyl (C=O) groups is 2. The van der Waals surface area contributed by atoms with Crippen molar-refractivity contribution in [2.24, 2.45) is 5.92 Å². The Morgan fingerprint density at radius 3 is 2.86 bits per heavy atom. The molecule has 1 saturated heterocycles. The van der Waals surface area contributed by atoms with Gasteiger partial charge in [-0.2, -0.15) is 0 Å². The van der Waals surface area contributed by atoms with E-state index in [1.807, 2.05) is 23.6 Å². The summed E-state index contributed by atoms with van der Waals surface area (Å²) in [6.45, 7) is 2.90. The molecule has 1 aliphatic rings. The van der Waals surface area contributed by atoms with Crippen molar-refractivity contribution in [2.75, 3.05) is 11.9 Å². The summed E-state index contributed by atoms with van der Waals surface area (Å²) < 4.78 is 5.29. The highest BCUT2D eigenvalue weighted by Crippen LogP contribution is 2.27. The molecular weight excluding hydrogens is 374 g/mol. The molecule has 0 spiro atoms. The maximum Gasteiger partial charge on any atom is 0.231 e. The van der Waals surface area contributed by atoms with E-state index in [9.17, 15) is 9.59 Å². The van der Waals surface area contributed by atoms with Crippen molar-refractivity contribution >= 4 is 28.3 Å². The molecule has 0 radical (unpaired) electrons. The number of hydrogen-bond acceptors (Lipinski definition) is 5. The zero-order valence-corrected chi connectivity index (χ0v) is 16.4. The molecule has 3 heterocycles. The van der Waals surface area contributed by atoms with Gasteiger partial charge in [0.1, 0.15) is 5.76 Å². The van der Waals surface area contributed by atoms with Gasteiger partial charge in [-0.25, -0.2) is 4.98 Å². The zero-order valence-electron chi connectivity index (χ0n) is 15.6. The summed E-state index contributed by atoms with van der Waals surface area (Å²) in [6.07, 6.45) is 2.79. The lowest BCUT2D eigenvalue weighted by atomic mass is 10.1. The molecule has 0 aliphatic carbocycles. The minimum Gasteiger partial charge on any atom is -0.467 e. The van der Waals surface area contributed by atoms with E-state index >= 15 is 0 Å². The Kier molecular flexibility index (Phi) is 5.25. The Hall–Kier alpha value is -2.93. The Balaban J connectivity index is 1.37. The molecule has 1 unspecified atom stereocenters. The molecule has 1 fully saturated rings. The Morgan fingerprint density at radius 2 is 2.14 bits per heavy atom. The number of hydrogen-bond donors (Lipinski definition) is 1. The average Bonchev–Trinajstić information content (AvgIpc) is 3.45. The van der Waals surface area contributed by atoms with Gasteiger partial charge in [0.25, 0.3) is 0 Å². The highest BCUT2D eigenvalue weighted by atomic mass is 32.1. The van der Waals surface area contributed by atoms with Gasteiger partial charge in [0.2, 0.25) is 11.8 Å². The number of aryl methyl sites for hydroxylation is 1. The van der Waals surface area contributed by atoms with Crippen LogP contribution < -0.4 is 5.32 Å². The third kappa shape index (κ3) is 3.99. The topological polar surface area (TPSA) is 75.4 Å². The number of benzene rings is 1. The summed E-state index contributed by atoms with van der Waals surface area (Å²) >= 11 is 1.39. The summed E-state index contributed by atoms with van der Waals surface area (Å²) in [6, 6.07) is 11.9. The van der Waals surface area contributed by atoms with Gasteiger partial charge in [0.05, 0.1) is 24.4 Å². The quantitative estimate of drug-likeness (QED) is 0.686. The number of amides is 2. The SMILES string of the molecule is CCc1ccc(-c2csc(NC(=O)C3CC(=O)N(Cc4ccco4)C3)n2)cc1. The number of thiazole rings is 1. The van der Waals surface area contributed by atoms with E-state index in [0.717, 1.165) is 17.7 Å². The number of anilines is 1. The van der Waals surface area contributed by atoms with Crippen LogP contribution in [-0.2, 0) is 22.6 Å². The van der Waals surface area contributed by atoms with E-state index < -0.39 is 0 Å². The van der Waals surface area contributed by atoms with Crippen molar-refractivity contribution in [3.63, 3.8) is 0 Å². The molecule has 3 aromatic rings. The second kappa shape index (κ2) is 7.98. The van der Waals surface area contributed by atoms with E-state index in [1.54, 1.807) is 17.2 Å². The molecule has 2 amide bonds. The normalized spacial score (nSPS) is 16.5. The maximum absolute atomic E-state index is 12.6. The maximum atomic E-state index is 12.6. The van der Waals surface area contributed by atoms with Gasteiger partial charge in [-0.05, 0) is 24.1 Å². The third-order valence-electron chi connectivity index (χ3n) is 4.90. The Labute approximate surface area is 167 Å². The van der Waals surface area contributed by atoms with Gasteiger partial charge in [0, 0.05) is 23.9 Å². The zero-order chi connectivity index (χ0) is 19.5. The minimum absolute atomic E-state index is 0.0348. The molecule has 0 bridgehead atoms. The van der Waals surface area contributed by atoms with Crippen LogP contribution in [0.15, 0.2) is 52.5 Å². The first-order valence-electron chi connectivity index (χ1n) is 9.28. The molecule has 1 aromatic carbocycles. The van der Waals surface area contributed by atoms with Gasteiger partial charge in [-0.3, -0.25) is 9.59 Å². The van der Waals surface area contributed by atoms with Crippen molar-refractivity contribution in [3.05, 3.63) is 59.4 Å². The van der Waals surface area contributed by atoms with E-state index in [4.69, 9.17) is 4.42 Å². The predicted molar refractivity (Wildman–Crippen MR) is 108 cm³/mol.